The molecule has 3 N–H and O–H groups in total. The number of rotatable bonds is 4. The number of hydrogen-bond donors (Lipinski definition) is 2. The fourth-order valence-electron chi connectivity index (χ4n) is 2.43. The summed E-state index contributed by atoms with van der Waals surface area (Å²) in [4.78, 5) is 2.30. The topological polar surface area (TPSA) is 95.3 Å². The second-order valence-corrected chi connectivity index (χ2v) is 6.97. The molecule has 1 saturated heterocycles. The minimum absolute atomic E-state index is 0.115. The Labute approximate surface area is 113 Å². The standard InChI is InChI=1S/C11H21N5O2S/c1-8-11(10(6-12)14-13-8)19(17,18)16-5-4-9(7-16)15(2)3/h9H,4-7,12H2,1-3H3,(H,13,14). The van der Waals surface area contributed by atoms with E-state index < -0.39 is 10.0 Å². The number of nitrogens with zero attached hydrogens (tertiary/aromatic N) is 3. The van der Waals surface area contributed by atoms with Gasteiger partial charge in [0, 0.05) is 25.7 Å². The molecule has 0 radical (unpaired) electrons. The second kappa shape index (κ2) is 5.20. The first-order valence-corrected chi connectivity index (χ1v) is 7.72. The van der Waals surface area contributed by atoms with E-state index in [2.05, 4.69) is 15.1 Å². The van der Waals surface area contributed by atoms with Crippen LogP contribution in [0, 0.1) is 6.92 Å². The lowest BCUT2D eigenvalue weighted by atomic mass is 10.2. The van der Waals surface area contributed by atoms with Crippen molar-refractivity contribution in [2.45, 2.75) is 30.8 Å². The number of nitrogens with one attached hydrogen (secondary N) is 1. The quantitative estimate of drug-likeness (QED) is 0.778. The van der Waals surface area contributed by atoms with Crippen molar-refractivity contribution >= 4 is 10.0 Å². The van der Waals surface area contributed by atoms with Crippen molar-refractivity contribution in [3.63, 3.8) is 0 Å². The molecule has 1 atom stereocenters. The number of aromatic amines is 1. The Hall–Kier alpha value is -0.960. The van der Waals surface area contributed by atoms with Crippen molar-refractivity contribution in [3.8, 4) is 0 Å². The average molecular weight is 287 g/mol. The molecule has 1 fully saturated rings. The lowest BCUT2D eigenvalue weighted by molar-refractivity contribution is 0.302. The first-order chi connectivity index (χ1) is 8.87. The molecule has 7 nitrogen and oxygen atoms in total. The van der Waals surface area contributed by atoms with Crippen molar-refractivity contribution < 1.29 is 8.42 Å². The number of aryl methyl sites for hydroxylation is 1. The van der Waals surface area contributed by atoms with Gasteiger partial charge in [0.05, 0.1) is 11.4 Å². The zero-order valence-corrected chi connectivity index (χ0v) is 12.4. The maximum absolute atomic E-state index is 12.7. The largest absolute Gasteiger partial charge is 0.325 e. The zero-order chi connectivity index (χ0) is 14.2. The van der Waals surface area contributed by atoms with E-state index in [1.165, 1.54) is 4.31 Å². The Bertz CT molecular complexity index is 551. The smallest absolute Gasteiger partial charge is 0.246 e. The highest BCUT2D eigenvalue weighted by atomic mass is 32.2. The summed E-state index contributed by atoms with van der Waals surface area (Å²) in [6.45, 7) is 2.88. The van der Waals surface area contributed by atoms with Gasteiger partial charge in [-0.25, -0.2) is 8.42 Å². The summed E-state index contributed by atoms with van der Waals surface area (Å²) in [6.07, 6.45) is 0.848. The monoisotopic (exact) mass is 287 g/mol. The molecule has 0 bridgehead atoms. The summed E-state index contributed by atoms with van der Waals surface area (Å²) in [5, 5.41) is 6.67. The van der Waals surface area contributed by atoms with Gasteiger partial charge in [-0.1, -0.05) is 0 Å². The van der Waals surface area contributed by atoms with E-state index >= 15 is 0 Å². The first-order valence-electron chi connectivity index (χ1n) is 6.28. The van der Waals surface area contributed by atoms with Crippen LogP contribution in [0.3, 0.4) is 0 Å². The molecule has 0 saturated carbocycles. The highest BCUT2D eigenvalue weighted by Crippen LogP contribution is 2.26. The Morgan fingerprint density at radius 3 is 2.74 bits per heavy atom. The third-order valence-corrected chi connectivity index (χ3v) is 5.68. The van der Waals surface area contributed by atoms with Crippen molar-refractivity contribution in [1.29, 1.82) is 0 Å². The number of H-pyrrole nitrogens is 1. The molecule has 1 aromatic heterocycles. The Morgan fingerprint density at radius 2 is 2.21 bits per heavy atom. The molecule has 0 aromatic carbocycles. The SMILES string of the molecule is Cc1[nH]nc(CN)c1S(=O)(=O)N1CCC(N(C)C)C1. The fraction of sp³-hybridized carbons (Fsp3) is 0.727. The molecule has 1 unspecified atom stereocenters. The lowest BCUT2D eigenvalue weighted by Gasteiger charge is -2.20. The van der Waals surface area contributed by atoms with Gasteiger partial charge in [-0.05, 0) is 27.4 Å². The van der Waals surface area contributed by atoms with Crippen LogP contribution in [0.5, 0.6) is 0 Å². The molecule has 8 heteroatoms. The van der Waals surface area contributed by atoms with E-state index in [4.69, 9.17) is 5.73 Å². The lowest BCUT2D eigenvalue weighted by Crippen LogP contribution is -2.35. The summed E-state index contributed by atoms with van der Waals surface area (Å²) >= 11 is 0. The van der Waals surface area contributed by atoms with Crippen LogP contribution in [-0.4, -0.2) is 61.0 Å². The number of sulfonamides is 1. The highest BCUT2D eigenvalue weighted by Gasteiger charge is 2.36. The van der Waals surface area contributed by atoms with Crippen molar-refractivity contribution in [3.05, 3.63) is 11.4 Å². The molecule has 2 heterocycles. The molecule has 2 rings (SSSR count). The van der Waals surface area contributed by atoms with E-state index in [9.17, 15) is 8.42 Å². The van der Waals surface area contributed by atoms with Crippen molar-refractivity contribution in [2.24, 2.45) is 5.73 Å². The average Bonchev–Trinajstić information content (AvgIpc) is 2.95. The van der Waals surface area contributed by atoms with Gasteiger partial charge in [-0.2, -0.15) is 9.40 Å². The highest BCUT2D eigenvalue weighted by molar-refractivity contribution is 7.89. The molecule has 1 aliphatic heterocycles. The number of aromatic nitrogens is 2. The summed E-state index contributed by atoms with van der Waals surface area (Å²) in [7, 11) is 0.433. The van der Waals surface area contributed by atoms with Crippen LogP contribution >= 0.6 is 0 Å². The summed E-state index contributed by atoms with van der Waals surface area (Å²) in [6, 6.07) is 0.267. The van der Waals surface area contributed by atoms with E-state index in [0.717, 1.165) is 6.42 Å². The molecule has 108 valence electrons. The van der Waals surface area contributed by atoms with Crippen LogP contribution in [0.25, 0.3) is 0 Å². The Morgan fingerprint density at radius 1 is 1.53 bits per heavy atom. The van der Waals surface area contributed by atoms with E-state index in [1.807, 2.05) is 14.1 Å². The van der Waals surface area contributed by atoms with Gasteiger partial charge in [0.15, 0.2) is 0 Å². The molecular weight excluding hydrogens is 266 g/mol. The number of hydrogen-bond acceptors (Lipinski definition) is 5. The van der Waals surface area contributed by atoms with Gasteiger partial charge in [-0.15, -0.1) is 0 Å². The third-order valence-electron chi connectivity index (χ3n) is 3.61. The van der Waals surface area contributed by atoms with Gasteiger partial charge in [0.1, 0.15) is 4.90 Å². The van der Waals surface area contributed by atoms with Crippen LogP contribution in [0.4, 0.5) is 0 Å². The van der Waals surface area contributed by atoms with E-state index in [-0.39, 0.29) is 17.5 Å². The van der Waals surface area contributed by atoms with E-state index in [0.29, 0.717) is 24.5 Å². The van der Waals surface area contributed by atoms with Crippen LogP contribution in [0.15, 0.2) is 4.90 Å². The first kappa shape index (κ1) is 14.4. The molecule has 0 amide bonds. The second-order valence-electron chi connectivity index (χ2n) is 5.10. The van der Waals surface area contributed by atoms with Gasteiger partial charge < -0.3 is 10.6 Å². The van der Waals surface area contributed by atoms with Crippen LogP contribution in [0.2, 0.25) is 0 Å². The predicted molar refractivity (Wildman–Crippen MR) is 72.1 cm³/mol. The van der Waals surface area contributed by atoms with Crippen LogP contribution < -0.4 is 5.73 Å². The van der Waals surface area contributed by atoms with Gasteiger partial charge >= 0.3 is 0 Å². The Kier molecular flexibility index (Phi) is 3.95. The zero-order valence-electron chi connectivity index (χ0n) is 11.5. The summed E-state index contributed by atoms with van der Waals surface area (Å²) < 4.78 is 26.8. The number of likely N-dealkylation sites (N-methyl/N-ethyl adjacent to an activating group) is 1. The van der Waals surface area contributed by atoms with Crippen molar-refractivity contribution in [2.75, 3.05) is 27.2 Å². The van der Waals surface area contributed by atoms with Gasteiger partial charge in [0.25, 0.3) is 0 Å². The normalized spacial score (nSPS) is 21.4. The molecule has 19 heavy (non-hydrogen) atoms. The van der Waals surface area contributed by atoms with Crippen LogP contribution in [0.1, 0.15) is 17.8 Å². The molecule has 1 aliphatic rings. The Balaban J connectivity index is 2.31. The van der Waals surface area contributed by atoms with Gasteiger partial charge in [0.2, 0.25) is 10.0 Å². The molecule has 0 aliphatic carbocycles. The molecular formula is C11H21N5O2S. The maximum Gasteiger partial charge on any atom is 0.246 e. The van der Waals surface area contributed by atoms with Crippen molar-refractivity contribution in [1.82, 2.24) is 19.4 Å². The molecule has 1 aromatic rings. The number of nitrogens with two attached hydrogens (primary N) is 1. The fourth-order valence-corrected chi connectivity index (χ4v) is 4.26. The van der Waals surface area contributed by atoms with E-state index in [1.54, 1.807) is 6.92 Å². The maximum atomic E-state index is 12.7. The minimum atomic E-state index is -3.50. The molecule has 0 spiro atoms. The predicted octanol–water partition coefficient (Wildman–Crippen LogP) is -0.499. The summed E-state index contributed by atoms with van der Waals surface area (Å²) in [5.74, 6) is 0. The van der Waals surface area contributed by atoms with Crippen LogP contribution in [-0.2, 0) is 16.6 Å². The van der Waals surface area contributed by atoms with Gasteiger partial charge in [-0.3, -0.25) is 5.10 Å². The minimum Gasteiger partial charge on any atom is -0.325 e. The summed E-state index contributed by atoms with van der Waals surface area (Å²) in [5.41, 5.74) is 6.52. The third kappa shape index (κ3) is 2.53.